The maximum Gasteiger partial charge on any atom is 0.308 e. The number of nitrogens with zero attached hydrogens (tertiary/aromatic N) is 1. The minimum atomic E-state index is -0.448. The molecule has 0 bridgehead atoms. The minimum absolute atomic E-state index is 0.0206. The first-order chi connectivity index (χ1) is 6.52. The van der Waals surface area contributed by atoms with Crippen LogP contribution in [0.4, 0.5) is 5.69 Å². The van der Waals surface area contributed by atoms with Crippen molar-refractivity contribution in [1.82, 2.24) is 0 Å². The molecule has 0 atom stereocenters. The van der Waals surface area contributed by atoms with Gasteiger partial charge < -0.3 is 14.7 Å². The van der Waals surface area contributed by atoms with E-state index in [0.717, 1.165) is 0 Å². The average Bonchev–Trinajstić information content (AvgIpc) is 2.07. The van der Waals surface area contributed by atoms with Gasteiger partial charge in [0.15, 0.2) is 11.5 Å². The number of para-hydroxylation sites is 1. The Kier molecular flexibility index (Phi) is 2.96. The number of anilines is 1. The van der Waals surface area contributed by atoms with Gasteiger partial charge in [-0.25, -0.2) is 0 Å². The molecule has 4 nitrogen and oxygen atoms in total. The molecule has 0 spiro atoms. The summed E-state index contributed by atoms with van der Waals surface area (Å²) < 4.78 is 4.82. The maximum atomic E-state index is 10.7. The van der Waals surface area contributed by atoms with Crippen LogP contribution in [0.25, 0.3) is 0 Å². The fourth-order valence-corrected chi connectivity index (χ4v) is 1.11. The van der Waals surface area contributed by atoms with Crippen molar-refractivity contribution in [3.8, 4) is 11.5 Å². The van der Waals surface area contributed by atoms with Crippen LogP contribution >= 0.6 is 0 Å². The highest BCUT2D eigenvalue weighted by atomic mass is 16.5. The predicted octanol–water partition coefficient (Wildman–Crippen LogP) is 1.38. The normalized spacial score (nSPS) is 9.64. The number of ether oxygens (including phenoxy) is 1. The number of benzene rings is 1. The van der Waals surface area contributed by atoms with Gasteiger partial charge in [-0.05, 0) is 12.1 Å². The highest BCUT2D eigenvalue weighted by Crippen LogP contribution is 2.35. The van der Waals surface area contributed by atoms with E-state index in [-0.39, 0.29) is 11.5 Å². The van der Waals surface area contributed by atoms with Crippen LogP contribution in [0.2, 0.25) is 0 Å². The van der Waals surface area contributed by atoms with E-state index in [0.29, 0.717) is 5.69 Å². The largest absolute Gasteiger partial charge is 0.503 e. The smallest absolute Gasteiger partial charge is 0.308 e. The number of aromatic hydroxyl groups is 1. The highest BCUT2D eigenvalue weighted by molar-refractivity contribution is 5.73. The lowest BCUT2D eigenvalue weighted by Crippen LogP contribution is -2.09. The zero-order chi connectivity index (χ0) is 10.7. The summed E-state index contributed by atoms with van der Waals surface area (Å²) in [5.41, 5.74) is 0.615. The van der Waals surface area contributed by atoms with E-state index >= 15 is 0 Å². The van der Waals surface area contributed by atoms with E-state index < -0.39 is 5.97 Å². The third-order valence-corrected chi connectivity index (χ3v) is 1.71. The van der Waals surface area contributed by atoms with Crippen LogP contribution in [-0.2, 0) is 4.79 Å². The van der Waals surface area contributed by atoms with Crippen molar-refractivity contribution < 1.29 is 14.6 Å². The SMILES string of the molecule is CC(=O)Oc1cccc(N(C)C)c1O. The van der Waals surface area contributed by atoms with Crippen molar-refractivity contribution in [2.75, 3.05) is 19.0 Å². The van der Waals surface area contributed by atoms with Crippen molar-refractivity contribution in [2.45, 2.75) is 6.92 Å². The fraction of sp³-hybridized carbons (Fsp3) is 0.300. The molecule has 0 aliphatic carbocycles. The van der Waals surface area contributed by atoms with Gasteiger partial charge in [0.2, 0.25) is 0 Å². The van der Waals surface area contributed by atoms with Gasteiger partial charge >= 0.3 is 5.97 Å². The van der Waals surface area contributed by atoms with Gasteiger partial charge in [-0.1, -0.05) is 6.07 Å². The van der Waals surface area contributed by atoms with E-state index in [1.165, 1.54) is 6.92 Å². The van der Waals surface area contributed by atoms with Crippen molar-refractivity contribution in [3.63, 3.8) is 0 Å². The molecule has 0 saturated carbocycles. The molecule has 0 fully saturated rings. The number of phenols is 1. The number of esters is 1. The van der Waals surface area contributed by atoms with Crippen LogP contribution in [0.3, 0.4) is 0 Å². The Balaban J connectivity index is 3.07. The van der Waals surface area contributed by atoms with Gasteiger partial charge in [-0.3, -0.25) is 4.79 Å². The summed E-state index contributed by atoms with van der Waals surface area (Å²) in [7, 11) is 3.60. The second-order valence-electron chi connectivity index (χ2n) is 3.11. The Labute approximate surface area is 82.7 Å². The molecular weight excluding hydrogens is 182 g/mol. The predicted molar refractivity (Wildman–Crippen MR) is 53.7 cm³/mol. The van der Waals surface area contributed by atoms with Crippen molar-refractivity contribution in [3.05, 3.63) is 18.2 Å². The Morgan fingerprint density at radius 1 is 1.43 bits per heavy atom. The van der Waals surface area contributed by atoms with Gasteiger partial charge in [0, 0.05) is 21.0 Å². The lowest BCUT2D eigenvalue weighted by Gasteiger charge is -2.15. The Morgan fingerprint density at radius 3 is 2.57 bits per heavy atom. The monoisotopic (exact) mass is 195 g/mol. The summed E-state index contributed by atoms with van der Waals surface area (Å²) in [5.74, 6) is -0.285. The van der Waals surface area contributed by atoms with Crippen molar-refractivity contribution in [1.29, 1.82) is 0 Å². The zero-order valence-electron chi connectivity index (χ0n) is 8.44. The fourth-order valence-electron chi connectivity index (χ4n) is 1.11. The molecule has 1 aromatic rings. The molecule has 0 heterocycles. The minimum Gasteiger partial charge on any atom is -0.503 e. The molecule has 1 aromatic carbocycles. The quantitative estimate of drug-likeness (QED) is 0.572. The first-order valence-electron chi connectivity index (χ1n) is 4.20. The second-order valence-corrected chi connectivity index (χ2v) is 3.11. The van der Waals surface area contributed by atoms with Crippen LogP contribution in [0, 0.1) is 0 Å². The Hall–Kier alpha value is -1.71. The van der Waals surface area contributed by atoms with Crippen LogP contribution in [0.1, 0.15) is 6.92 Å². The van der Waals surface area contributed by atoms with Gasteiger partial charge in [0.05, 0.1) is 5.69 Å². The summed E-state index contributed by atoms with van der Waals surface area (Å²) in [6, 6.07) is 5.00. The number of carbonyl (C=O) groups excluding carboxylic acids is 1. The lowest BCUT2D eigenvalue weighted by atomic mass is 10.2. The molecular formula is C10H13NO3. The molecule has 0 unspecified atom stereocenters. The van der Waals surface area contributed by atoms with Crippen LogP contribution in [-0.4, -0.2) is 25.2 Å². The molecule has 1 N–H and O–H groups in total. The highest BCUT2D eigenvalue weighted by Gasteiger charge is 2.10. The maximum absolute atomic E-state index is 10.7. The summed E-state index contributed by atoms with van der Waals surface area (Å²) in [4.78, 5) is 12.4. The van der Waals surface area contributed by atoms with E-state index in [4.69, 9.17) is 4.74 Å². The molecule has 76 valence electrons. The van der Waals surface area contributed by atoms with Crippen LogP contribution in [0.5, 0.6) is 11.5 Å². The number of rotatable bonds is 2. The van der Waals surface area contributed by atoms with Gasteiger partial charge in [-0.2, -0.15) is 0 Å². The lowest BCUT2D eigenvalue weighted by molar-refractivity contribution is -0.132. The average molecular weight is 195 g/mol. The molecule has 0 saturated heterocycles. The zero-order valence-corrected chi connectivity index (χ0v) is 8.44. The molecule has 14 heavy (non-hydrogen) atoms. The summed E-state index contributed by atoms with van der Waals surface area (Å²) in [5, 5.41) is 9.69. The summed E-state index contributed by atoms with van der Waals surface area (Å²) in [6.45, 7) is 1.29. The topological polar surface area (TPSA) is 49.8 Å². The molecule has 0 aliphatic rings. The molecule has 4 heteroatoms. The molecule has 1 rings (SSSR count). The number of phenolic OH excluding ortho intramolecular Hbond substituents is 1. The number of hydrogen-bond acceptors (Lipinski definition) is 4. The van der Waals surface area contributed by atoms with E-state index in [2.05, 4.69) is 0 Å². The second kappa shape index (κ2) is 4.00. The van der Waals surface area contributed by atoms with Crippen molar-refractivity contribution >= 4 is 11.7 Å². The standard InChI is InChI=1S/C10H13NO3/c1-7(12)14-9-6-4-5-8(10(9)13)11(2)3/h4-6,13H,1-3H3. The van der Waals surface area contributed by atoms with E-state index in [1.807, 2.05) is 0 Å². The van der Waals surface area contributed by atoms with Gasteiger partial charge in [0.1, 0.15) is 0 Å². The first kappa shape index (κ1) is 10.4. The van der Waals surface area contributed by atoms with E-state index in [9.17, 15) is 9.90 Å². The Morgan fingerprint density at radius 2 is 2.07 bits per heavy atom. The van der Waals surface area contributed by atoms with Gasteiger partial charge in [0.25, 0.3) is 0 Å². The number of carbonyl (C=O) groups is 1. The van der Waals surface area contributed by atoms with Crippen molar-refractivity contribution in [2.24, 2.45) is 0 Å². The summed E-state index contributed by atoms with van der Waals surface area (Å²) in [6.07, 6.45) is 0. The third kappa shape index (κ3) is 2.16. The first-order valence-corrected chi connectivity index (χ1v) is 4.20. The number of hydrogen-bond donors (Lipinski definition) is 1. The molecule has 0 radical (unpaired) electrons. The molecule has 0 aromatic heterocycles. The van der Waals surface area contributed by atoms with Crippen LogP contribution in [0.15, 0.2) is 18.2 Å². The summed E-state index contributed by atoms with van der Waals surface area (Å²) >= 11 is 0. The van der Waals surface area contributed by atoms with E-state index in [1.54, 1.807) is 37.2 Å². The molecule has 0 amide bonds. The van der Waals surface area contributed by atoms with Crippen LogP contribution < -0.4 is 9.64 Å². The third-order valence-electron chi connectivity index (χ3n) is 1.71. The van der Waals surface area contributed by atoms with Gasteiger partial charge in [-0.15, -0.1) is 0 Å². The molecule has 0 aliphatic heterocycles. The Bertz CT molecular complexity index is 347.